The highest BCUT2D eigenvalue weighted by atomic mass is 14.9. The Labute approximate surface area is 282 Å². The molecule has 2 aliphatic carbocycles. The lowest BCUT2D eigenvalue weighted by Crippen LogP contribution is -2.40. The first-order chi connectivity index (χ1) is 23.5. The van der Waals surface area contributed by atoms with E-state index in [9.17, 15) is 5.26 Å². The molecule has 0 saturated heterocycles. The van der Waals surface area contributed by atoms with Gasteiger partial charge in [0.15, 0.2) is 0 Å². The minimum absolute atomic E-state index is 0.141. The lowest BCUT2D eigenvalue weighted by molar-refractivity contribution is 0.563. The number of hydrogen-bond donors (Lipinski definition) is 0. The van der Waals surface area contributed by atoms with Gasteiger partial charge in [0.2, 0.25) is 0 Å². The average Bonchev–Trinajstić information content (AvgIpc) is 3.45. The van der Waals surface area contributed by atoms with Gasteiger partial charge < -0.3 is 5.32 Å². The van der Waals surface area contributed by atoms with Crippen LogP contribution in [0, 0.1) is 11.3 Å². The van der Waals surface area contributed by atoms with E-state index < -0.39 is 5.41 Å². The van der Waals surface area contributed by atoms with Crippen molar-refractivity contribution in [1.82, 2.24) is 0 Å². The second-order valence-electron chi connectivity index (χ2n) is 13.6. The predicted molar refractivity (Wildman–Crippen MR) is 196 cm³/mol. The highest BCUT2D eigenvalue weighted by Crippen LogP contribution is 2.63. The van der Waals surface area contributed by atoms with Crippen LogP contribution in [0.25, 0.3) is 27.7 Å². The third kappa shape index (κ3) is 3.91. The van der Waals surface area contributed by atoms with Gasteiger partial charge >= 0.3 is 0 Å². The summed E-state index contributed by atoms with van der Waals surface area (Å²) in [5.74, 6) is 0. The topological polar surface area (TPSA) is 37.9 Å². The number of nitrogens with zero attached hydrogens (tertiary/aromatic N) is 2. The van der Waals surface area contributed by atoms with Crippen molar-refractivity contribution in [3.63, 3.8) is 0 Å². The predicted octanol–water partition coefficient (Wildman–Crippen LogP) is 11.1. The van der Waals surface area contributed by atoms with E-state index in [-0.39, 0.29) is 11.5 Å². The minimum Gasteiger partial charge on any atom is -0.674 e. The van der Waals surface area contributed by atoms with Crippen molar-refractivity contribution in [2.45, 2.75) is 30.7 Å². The van der Waals surface area contributed by atoms with Crippen molar-refractivity contribution in [3.05, 3.63) is 219 Å². The molecule has 1 atom stereocenters. The molecule has 1 spiro atoms. The maximum absolute atomic E-state index is 9.71. The molecule has 2 nitrogen and oxygen atoms in total. The Morgan fingerprint density at radius 3 is 1.88 bits per heavy atom. The highest BCUT2D eigenvalue weighted by molar-refractivity contribution is 5.95. The molecule has 1 heterocycles. The summed E-state index contributed by atoms with van der Waals surface area (Å²) in [6.07, 6.45) is 4.44. The summed E-state index contributed by atoms with van der Waals surface area (Å²) in [6.45, 7) is 4.73. The van der Waals surface area contributed by atoms with Crippen LogP contribution in [0.15, 0.2) is 158 Å². The first-order valence-corrected chi connectivity index (χ1v) is 16.7. The summed E-state index contributed by atoms with van der Waals surface area (Å²) in [5.41, 5.74) is 15.9. The first-order valence-electron chi connectivity index (χ1n) is 16.7. The zero-order valence-electron chi connectivity index (χ0n) is 27.0. The molecule has 2 heteroatoms. The number of hydrogen-bond acceptors (Lipinski definition) is 1. The highest BCUT2D eigenvalue weighted by Gasteiger charge is 2.53. The second kappa shape index (κ2) is 10.6. The third-order valence-corrected chi connectivity index (χ3v) is 10.7. The van der Waals surface area contributed by atoms with Crippen LogP contribution in [0.2, 0.25) is 0 Å². The normalized spacial score (nSPS) is 17.5. The van der Waals surface area contributed by atoms with Crippen LogP contribution in [0.4, 0.5) is 0 Å². The van der Waals surface area contributed by atoms with Crippen LogP contribution in [0.5, 0.6) is 0 Å². The fourth-order valence-electron chi connectivity index (χ4n) is 8.65. The summed E-state index contributed by atoms with van der Waals surface area (Å²) in [5, 5.41) is 15.2. The molecule has 0 N–H and O–H groups in total. The van der Waals surface area contributed by atoms with Crippen molar-refractivity contribution in [3.8, 4) is 17.2 Å². The summed E-state index contributed by atoms with van der Waals surface area (Å²) in [7, 11) is 0. The van der Waals surface area contributed by atoms with Crippen molar-refractivity contribution in [2.75, 3.05) is 0 Å². The number of fused-ring (bicyclic) bond motifs is 9. The van der Waals surface area contributed by atoms with Crippen LogP contribution >= 0.6 is 0 Å². The molecular weight excluding hydrogens is 581 g/mol. The Morgan fingerprint density at radius 1 is 0.583 bits per heavy atom. The zero-order valence-corrected chi connectivity index (χ0v) is 27.0. The molecule has 1 unspecified atom stereocenters. The molecule has 48 heavy (non-hydrogen) atoms. The van der Waals surface area contributed by atoms with Crippen molar-refractivity contribution < 1.29 is 0 Å². The van der Waals surface area contributed by atoms with Crippen LogP contribution in [-0.4, -0.2) is 0 Å². The standard InChI is InChI=1S/C46H33N2/c1-45(2)37-21-8-10-23-39(37)46(40-24-11-9-22-38(40)45)36-20-7-6-18-34(36)44-35(19-13-25-41(44)46)43-28-33(32-17-12-14-30(26-32)29-47)27-42(48-43)31-15-4-3-5-16-31/h3-28,43H,1-2H3/q-1. The smallest absolute Gasteiger partial charge is 0.0991 e. The molecule has 9 rings (SSSR count). The van der Waals surface area contributed by atoms with Gasteiger partial charge in [-0.2, -0.15) is 5.26 Å². The summed E-state index contributed by atoms with van der Waals surface area (Å²) in [6, 6.07) is 54.4. The molecular formula is C46H33N2-. The fourth-order valence-corrected chi connectivity index (χ4v) is 8.65. The third-order valence-electron chi connectivity index (χ3n) is 10.7. The number of nitriles is 1. The van der Waals surface area contributed by atoms with Gasteiger partial charge in [-0.25, -0.2) is 0 Å². The van der Waals surface area contributed by atoms with E-state index in [4.69, 9.17) is 5.32 Å². The Bertz CT molecular complexity index is 2320. The molecule has 0 amide bonds. The SMILES string of the molecule is CC1(C)c2ccccc2C2(c3ccccc3-c3c(C4C=C(c5cccc(C#N)c5)C=C(c5ccccc5)[N-]4)cccc32)c2ccccc21. The van der Waals surface area contributed by atoms with E-state index in [0.29, 0.717) is 5.56 Å². The molecule has 1 aliphatic heterocycles. The minimum atomic E-state index is -0.453. The monoisotopic (exact) mass is 613 g/mol. The molecule has 0 bridgehead atoms. The maximum Gasteiger partial charge on any atom is 0.0991 e. The molecule has 0 fully saturated rings. The molecule has 6 aromatic rings. The van der Waals surface area contributed by atoms with E-state index in [1.54, 1.807) is 0 Å². The largest absolute Gasteiger partial charge is 0.674 e. The summed E-state index contributed by atoms with van der Waals surface area (Å²) in [4.78, 5) is 0. The number of benzene rings is 6. The van der Waals surface area contributed by atoms with Crippen LogP contribution in [0.1, 0.15) is 75.5 Å². The van der Waals surface area contributed by atoms with E-state index in [1.165, 1.54) is 50.1 Å². The van der Waals surface area contributed by atoms with Gasteiger partial charge in [0.25, 0.3) is 0 Å². The summed E-state index contributed by atoms with van der Waals surface area (Å²) < 4.78 is 0. The Morgan fingerprint density at radius 2 is 1.17 bits per heavy atom. The zero-order chi connectivity index (χ0) is 32.5. The first kappa shape index (κ1) is 28.3. The molecule has 0 saturated carbocycles. The van der Waals surface area contributed by atoms with Crippen LogP contribution < -0.4 is 0 Å². The lowest BCUT2D eigenvalue weighted by atomic mass is 9.55. The van der Waals surface area contributed by atoms with Gasteiger partial charge in [-0.3, -0.25) is 0 Å². The van der Waals surface area contributed by atoms with Gasteiger partial charge in [0.1, 0.15) is 0 Å². The Hall–Kier alpha value is -5.91. The maximum atomic E-state index is 9.71. The number of allylic oxidation sites excluding steroid dienone is 2. The van der Waals surface area contributed by atoms with Crippen molar-refractivity contribution in [2.24, 2.45) is 0 Å². The van der Waals surface area contributed by atoms with Gasteiger partial charge in [-0.1, -0.05) is 171 Å². The second-order valence-corrected chi connectivity index (χ2v) is 13.6. The summed E-state index contributed by atoms with van der Waals surface area (Å²) >= 11 is 0. The molecule has 228 valence electrons. The Balaban J connectivity index is 1.32. The van der Waals surface area contributed by atoms with Crippen molar-refractivity contribution in [1.29, 1.82) is 5.26 Å². The van der Waals surface area contributed by atoms with Gasteiger partial charge in [0.05, 0.1) is 17.0 Å². The van der Waals surface area contributed by atoms with E-state index in [0.717, 1.165) is 22.4 Å². The number of rotatable bonds is 3. The fraction of sp³-hybridized carbons (Fsp3) is 0.109. The van der Waals surface area contributed by atoms with E-state index >= 15 is 0 Å². The molecule has 3 aliphatic rings. The molecule has 6 aromatic carbocycles. The van der Waals surface area contributed by atoms with Gasteiger partial charge in [-0.15, -0.1) is 5.70 Å². The van der Waals surface area contributed by atoms with E-state index in [2.05, 4.69) is 153 Å². The molecule has 0 radical (unpaired) electrons. The van der Waals surface area contributed by atoms with Crippen LogP contribution in [-0.2, 0) is 10.8 Å². The Kier molecular flexibility index (Phi) is 6.23. The van der Waals surface area contributed by atoms with E-state index in [1.807, 2.05) is 24.3 Å². The average molecular weight is 614 g/mol. The molecule has 0 aromatic heterocycles. The van der Waals surface area contributed by atoms with Crippen LogP contribution in [0.3, 0.4) is 0 Å². The van der Waals surface area contributed by atoms with Gasteiger partial charge in [0, 0.05) is 5.41 Å². The van der Waals surface area contributed by atoms with Gasteiger partial charge in [-0.05, 0) is 73.3 Å². The lowest BCUT2D eigenvalue weighted by Gasteiger charge is -2.46. The van der Waals surface area contributed by atoms with Crippen molar-refractivity contribution >= 4 is 11.3 Å². The quantitative estimate of drug-likeness (QED) is 0.195.